The van der Waals surface area contributed by atoms with E-state index in [2.05, 4.69) is 18.7 Å². The minimum absolute atomic E-state index is 0.433. The van der Waals surface area contributed by atoms with Crippen LogP contribution in [-0.4, -0.2) is 5.97 Å². The number of aryl methyl sites for hydroxylation is 2. The molecule has 0 radical (unpaired) electrons. The van der Waals surface area contributed by atoms with Crippen LogP contribution in [0.1, 0.15) is 11.1 Å². The Bertz CT molecular complexity index is 541. The van der Waals surface area contributed by atoms with Gasteiger partial charge in [0.05, 0.1) is 0 Å². The summed E-state index contributed by atoms with van der Waals surface area (Å²) in [5.41, 5.74) is 2.55. The molecule has 0 atom stereocenters. The summed E-state index contributed by atoms with van der Waals surface area (Å²) in [5.74, 6) is 0.116. The van der Waals surface area contributed by atoms with Crippen LogP contribution in [0.3, 0.4) is 0 Å². The SMILES string of the molecule is C=CC(=O)Oc1ccc(CCc2ccccc2)cc1. The van der Waals surface area contributed by atoms with Gasteiger partial charge in [-0.15, -0.1) is 0 Å². The van der Waals surface area contributed by atoms with Gasteiger partial charge in [-0.2, -0.15) is 0 Å². The Hall–Kier alpha value is -2.35. The van der Waals surface area contributed by atoms with Crippen LogP contribution in [0.4, 0.5) is 0 Å². The minimum atomic E-state index is -0.433. The van der Waals surface area contributed by atoms with Crippen LogP contribution < -0.4 is 4.74 Å². The molecule has 19 heavy (non-hydrogen) atoms. The van der Waals surface area contributed by atoms with E-state index < -0.39 is 5.97 Å². The third kappa shape index (κ3) is 4.11. The average molecular weight is 252 g/mol. The third-order valence-corrected chi connectivity index (χ3v) is 2.85. The first kappa shape index (κ1) is 13.1. The fourth-order valence-electron chi connectivity index (χ4n) is 1.82. The summed E-state index contributed by atoms with van der Waals surface area (Å²) in [4.78, 5) is 11.0. The number of hydrogen-bond donors (Lipinski definition) is 0. The highest BCUT2D eigenvalue weighted by Gasteiger charge is 2.00. The summed E-state index contributed by atoms with van der Waals surface area (Å²) in [7, 11) is 0. The molecule has 0 aromatic heterocycles. The van der Waals surface area contributed by atoms with Gasteiger partial charge in [0.15, 0.2) is 0 Å². The molecule has 2 rings (SSSR count). The van der Waals surface area contributed by atoms with Crippen molar-refractivity contribution in [3.8, 4) is 5.75 Å². The van der Waals surface area contributed by atoms with Crippen LogP contribution in [0.5, 0.6) is 5.75 Å². The molecule has 2 aromatic carbocycles. The molecule has 2 aromatic rings. The quantitative estimate of drug-likeness (QED) is 0.462. The lowest BCUT2D eigenvalue weighted by atomic mass is 10.0. The zero-order valence-electron chi connectivity index (χ0n) is 10.7. The van der Waals surface area contributed by atoms with E-state index in [1.165, 1.54) is 11.1 Å². The average Bonchev–Trinajstić information content (AvgIpc) is 2.47. The molecule has 0 unspecified atom stereocenters. The van der Waals surface area contributed by atoms with Crippen molar-refractivity contribution in [1.82, 2.24) is 0 Å². The fraction of sp³-hybridized carbons (Fsp3) is 0.118. The first-order chi connectivity index (χ1) is 9.28. The molecule has 0 saturated heterocycles. The molecular formula is C17H16O2. The summed E-state index contributed by atoms with van der Waals surface area (Å²) < 4.78 is 5.02. The van der Waals surface area contributed by atoms with Crippen LogP contribution in [0.25, 0.3) is 0 Å². The Balaban J connectivity index is 1.92. The van der Waals surface area contributed by atoms with Gasteiger partial charge in [0, 0.05) is 6.08 Å². The van der Waals surface area contributed by atoms with Crippen molar-refractivity contribution in [2.75, 3.05) is 0 Å². The standard InChI is InChI=1S/C17H16O2/c1-2-17(18)19-16-12-10-15(11-13-16)9-8-14-6-4-3-5-7-14/h2-7,10-13H,1,8-9H2. The van der Waals surface area contributed by atoms with Gasteiger partial charge >= 0.3 is 5.97 Å². The zero-order valence-corrected chi connectivity index (χ0v) is 10.7. The maximum Gasteiger partial charge on any atom is 0.335 e. The van der Waals surface area contributed by atoms with Gasteiger partial charge in [-0.05, 0) is 36.1 Å². The number of esters is 1. The smallest absolute Gasteiger partial charge is 0.335 e. The van der Waals surface area contributed by atoms with Crippen LogP contribution in [-0.2, 0) is 17.6 Å². The van der Waals surface area contributed by atoms with Crippen molar-refractivity contribution in [3.63, 3.8) is 0 Å². The van der Waals surface area contributed by atoms with E-state index in [-0.39, 0.29) is 0 Å². The normalized spacial score (nSPS) is 9.89. The predicted molar refractivity (Wildman–Crippen MR) is 76.1 cm³/mol. The van der Waals surface area contributed by atoms with Crippen LogP contribution in [0.15, 0.2) is 67.3 Å². The van der Waals surface area contributed by atoms with E-state index in [9.17, 15) is 4.79 Å². The molecule has 2 nitrogen and oxygen atoms in total. The Kier molecular flexibility index (Phi) is 4.51. The maximum absolute atomic E-state index is 11.0. The van der Waals surface area contributed by atoms with Crippen molar-refractivity contribution in [2.24, 2.45) is 0 Å². The van der Waals surface area contributed by atoms with E-state index in [0.29, 0.717) is 5.75 Å². The molecule has 0 aliphatic heterocycles. The molecule has 0 heterocycles. The number of carbonyl (C=O) groups excluding carboxylic acids is 1. The lowest BCUT2D eigenvalue weighted by molar-refractivity contribution is -0.128. The number of ether oxygens (including phenoxy) is 1. The van der Waals surface area contributed by atoms with Crippen LogP contribution >= 0.6 is 0 Å². The van der Waals surface area contributed by atoms with Crippen LogP contribution in [0.2, 0.25) is 0 Å². The van der Waals surface area contributed by atoms with Gasteiger partial charge in [-0.25, -0.2) is 4.79 Å². The largest absolute Gasteiger partial charge is 0.423 e. The van der Waals surface area contributed by atoms with Crippen molar-refractivity contribution in [1.29, 1.82) is 0 Å². The molecule has 0 amide bonds. The van der Waals surface area contributed by atoms with Gasteiger partial charge in [0.2, 0.25) is 0 Å². The second-order valence-electron chi connectivity index (χ2n) is 4.25. The number of hydrogen-bond acceptors (Lipinski definition) is 2. The van der Waals surface area contributed by atoms with Gasteiger partial charge < -0.3 is 4.74 Å². The summed E-state index contributed by atoms with van der Waals surface area (Å²) in [6.07, 6.45) is 3.13. The van der Waals surface area contributed by atoms with Crippen molar-refractivity contribution >= 4 is 5.97 Å². The maximum atomic E-state index is 11.0. The number of benzene rings is 2. The van der Waals surface area contributed by atoms with Gasteiger partial charge in [0.1, 0.15) is 5.75 Å². The lowest BCUT2D eigenvalue weighted by Crippen LogP contribution is -2.02. The lowest BCUT2D eigenvalue weighted by Gasteiger charge is -2.04. The van der Waals surface area contributed by atoms with E-state index in [1.54, 1.807) is 0 Å². The molecule has 0 spiro atoms. The highest BCUT2D eigenvalue weighted by atomic mass is 16.5. The van der Waals surface area contributed by atoms with E-state index >= 15 is 0 Å². The van der Waals surface area contributed by atoms with E-state index in [4.69, 9.17) is 4.74 Å². The van der Waals surface area contributed by atoms with Gasteiger partial charge in [0.25, 0.3) is 0 Å². The Morgan fingerprint density at radius 3 is 2.11 bits per heavy atom. The van der Waals surface area contributed by atoms with Gasteiger partial charge in [-0.1, -0.05) is 49.0 Å². The summed E-state index contributed by atoms with van der Waals surface area (Å²) in [6, 6.07) is 17.9. The highest BCUT2D eigenvalue weighted by molar-refractivity contribution is 5.83. The molecule has 0 saturated carbocycles. The summed E-state index contributed by atoms with van der Waals surface area (Å²) in [6.45, 7) is 3.36. The highest BCUT2D eigenvalue weighted by Crippen LogP contribution is 2.14. The summed E-state index contributed by atoms with van der Waals surface area (Å²) in [5, 5.41) is 0. The second kappa shape index (κ2) is 6.55. The Labute approximate surface area is 113 Å². The van der Waals surface area contributed by atoms with Crippen molar-refractivity contribution in [2.45, 2.75) is 12.8 Å². The second-order valence-corrected chi connectivity index (χ2v) is 4.25. The van der Waals surface area contributed by atoms with Gasteiger partial charge in [-0.3, -0.25) is 0 Å². The number of carbonyl (C=O) groups is 1. The molecule has 0 aliphatic rings. The summed E-state index contributed by atoms with van der Waals surface area (Å²) >= 11 is 0. The molecule has 96 valence electrons. The molecule has 0 fully saturated rings. The third-order valence-electron chi connectivity index (χ3n) is 2.85. The molecule has 2 heteroatoms. The van der Waals surface area contributed by atoms with Crippen molar-refractivity contribution in [3.05, 3.63) is 78.4 Å². The molecule has 0 bridgehead atoms. The van der Waals surface area contributed by atoms with Crippen LogP contribution in [0, 0.1) is 0 Å². The predicted octanol–water partition coefficient (Wildman–Crippen LogP) is 3.56. The first-order valence-electron chi connectivity index (χ1n) is 6.25. The van der Waals surface area contributed by atoms with E-state index in [0.717, 1.165) is 18.9 Å². The number of rotatable bonds is 5. The first-order valence-corrected chi connectivity index (χ1v) is 6.25. The topological polar surface area (TPSA) is 26.3 Å². The molecular weight excluding hydrogens is 236 g/mol. The van der Waals surface area contributed by atoms with E-state index in [1.807, 2.05) is 42.5 Å². The molecule has 0 aliphatic carbocycles. The Morgan fingerprint density at radius 1 is 0.947 bits per heavy atom. The molecule has 0 N–H and O–H groups in total. The monoisotopic (exact) mass is 252 g/mol. The zero-order chi connectivity index (χ0) is 13.5. The van der Waals surface area contributed by atoms with Crippen molar-refractivity contribution < 1.29 is 9.53 Å². The fourth-order valence-corrected chi connectivity index (χ4v) is 1.82. The minimum Gasteiger partial charge on any atom is -0.423 e. The Morgan fingerprint density at radius 2 is 1.53 bits per heavy atom.